The molecule has 0 unspecified atom stereocenters. The van der Waals surface area contributed by atoms with E-state index in [2.05, 4.69) is 4.99 Å². The molecule has 0 aliphatic carbocycles. The molecule has 0 saturated carbocycles. The highest BCUT2D eigenvalue weighted by molar-refractivity contribution is 7.54. The molecule has 23 heavy (non-hydrogen) atoms. The van der Waals surface area contributed by atoms with Gasteiger partial charge in [0.15, 0.2) is 5.78 Å². The van der Waals surface area contributed by atoms with Crippen molar-refractivity contribution in [1.29, 1.82) is 0 Å². The van der Waals surface area contributed by atoms with Gasteiger partial charge < -0.3 is 9.05 Å². The first-order valence-corrected chi connectivity index (χ1v) is 10.0. The number of benzene rings is 1. The van der Waals surface area contributed by atoms with E-state index in [9.17, 15) is 4.57 Å². The van der Waals surface area contributed by atoms with Gasteiger partial charge in [0.1, 0.15) is 0 Å². The first kappa shape index (κ1) is 20.4. The summed E-state index contributed by atoms with van der Waals surface area (Å²) in [4.78, 5) is 4.50. The molecule has 0 radical (unpaired) electrons. The minimum absolute atomic E-state index is 0.200. The number of hydrogen-bond donors (Lipinski definition) is 0. The quantitative estimate of drug-likeness (QED) is 0.405. The number of halogens is 1. The summed E-state index contributed by atoms with van der Waals surface area (Å²) in [5.41, 5.74) is 0.788. The van der Waals surface area contributed by atoms with Crippen LogP contribution in [0.5, 0.6) is 0 Å². The van der Waals surface area contributed by atoms with Crippen molar-refractivity contribution in [2.45, 2.75) is 65.5 Å². The third kappa shape index (κ3) is 6.76. The van der Waals surface area contributed by atoms with Crippen molar-refractivity contribution in [2.75, 3.05) is 0 Å². The molecule has 0 aliphatic heterocycles. The Kier molecular flexibility index (Phi) is 8.49. The van der Waals surface area contributed by atoms with Crippen LogP contribution >= 0.6 is 19.2 Å². The van der Waals surface area contributed by atoms with Crippen LogP contribution in [-0.4, -0.2) is 24.2 Å². The zero-order valence-corrected chi connectivity index (χ0v) is 16.2. The molecule has 1 rings (SSSR count). The predicted octanol–water partition coefficient (Wildman–Crippen LogP) is 5.93. The molecular weight excluding hydrogens is 333 g/mol. The van der Waals surface area contributed by atoms with E-state index in [0.29, 0.717) is 11.4 Å². The van der Waals surface area contributed by atoms with Gasteiger partial charge in [0, 0.05) is 16.8 Å². The standard InChI is InChI=1S/C17H27ClNO3P/c1-6-9-17(19-12-15-10-7-8-11-16(15)18)23(20,21-13(2)3)22-14(4)5/h7-8,10-14,17H,6,9H2,1-5H3/b19-12+/t17-/m1/s1. The maximum atomic E-state index is 13.2. The summed E-state index contributed by atoms with van der Waals surface area (Å²) in [6.07, 6.45) is 2.71. The summed E-state index contributed by atoms with van der Waals surface area (Å²) < 4.78 is 24.6. The summed E-state index contributed by atoms with van der Waals surface area (Å²) in [6.45, 7) is 9.40. The maximum Gasteiger partial charge on any atom is 0.355 e. The third-order valence-corrected chi connectivity index (χ3v) is 5.82. The average Bonchev–Trinajstić information content (AvgIpc) is 2.43. The molecule has 0 spiro atoms. The van der Waals surface area contributed by atoms with Crippen LogP contribution in [0, 0.1) is 0 Å². The van der Waals surface area contributed by atoms with Gasteiger partial charge in [-0.3, -0.25) is 9.56 Å². The summed E-state index contributed by atoms with van der Waals surface area (Å²) in [5.74, 6) is -0.534. The summed E-state index contributed by atoms with van der Waals surface area (Å²) in [6, 6.07) is 7.41. The van der Waals surface area contributed by atoms with Crippen LogP contribution in [-0.2, 0) is 13.6 Å². The Morgan fingerprint density at radius 1 is 1.17 bits per heavy atom. The Hall–Kier alpha value is -0.670. The van der Waals surface area contributed by atoms with Crippen molar-refractivity contribution in [2.24, 2.45) is 4.99 Å². The van der Waals surface area contributed by atoms with E-state index in [4.69, 9.17) is 20.6 Å². The predicted molar refractivity (Wildman–Crippen MR) is 97.8 cm³/mol. The Morgan fingerprint density at radius 3 is 2.22 bits per heavy atom. The fourth-order valence-electron chi connectivity index (χ4n) is 2.07. The lowest BCUT2D eigenvalue weighted by Gasteiger charge is -2.27. The van der Waals surface area contributed by atoms with Gasteiger partial charge >= 0.3 is 7.60 Å². The van der Waals surface area contributed by atoms with Crippen molar-refractivity contribution < 1.29 is 13.6 Å². The van der Waals surface area contributed by atoms with E-state index < -0.39 is 13.4 Å². The molecule has 0 aliphatic rings. The molecule has 0 aromatic heterocycles. The van der Waals surface area contributed by atoms with Gasteiger partial charge in [-0.05, 0) is 40.2 Å². The average molecular weight is 360 g/mol. The summed E-state index contributed by atoms with van der Waals surface area (Å²) in [5, 5.41) is 0.607. The molecule has 1 atom stereocenters. The number of aliphatic imine (C=N–C) groups is 1. The van der Waals surface area contributed by atoms with Crippen LogP contribution in [0.25, 0.3) is 0 Å². The lowest BCUT2D eigenvalue weighted by Crippen LogP contribution is -2.17. The molecule has 0 saturated heterocycles. The van der Waals surface area contributed by atoms with E-state index >= 15 is 0 Å². The highest BCUT2D eigenvalue weighted by Crippen LogP contribution is 2.57. The van der Waals surface area contributed by atoms with Crippen molar-refractivity contribution in [3.63, 3.8) is 0 Å². The van der Waals surface area contributed by atoms with E-state index in [1.807, 2.05) is 52.8 Å². The molecule has 0 N–H and O–H groups in total. The Balaban J connectivity index is 3.09. The fraction of sp³-hybridized carbons (Fsp3) is 0.588. The van der Waals surface area contributed by atoms with Gasteiger partial charge in [0.05, 0.1) is 12.2 Å². The highest BCUT2D eigenvalue weighted by atomic mass is 35.5. The zero-order chi connectivity index (χ0) is 17.5. The van der Waals surface area contributed by atoms with Crippen LogP contribution < -0.4 is 0 Å². The topological polar surface area (TPSA) is 47.9 Å². The van der Waals surface area contributed by atoms with Gasteiger partial charge in [-0.1, -0.05) is 43.1 Å². The fourth-order valence-corrected chi connectivity index (χ4v) is 4.57. The van der Waals surface area contributed by atoms with Crippen molar-refractivity contribution in [3.05, 3.63) is 34.9 Å². The van der Waals surface area contributed by atoms with E-state index in [-0.39, 0.29) is 12.2 Å². The second-order valence-electron chi connectivity index (χ2n) is 5.92. The Morgan fingerprint density at radius 2 is 1.74 bits per heavy atom. The molecule has 6 heteroatoms. The lowest BCUT2D eigenvalue weighted by atomic mass is 10.2. The maximum absolute atomic E-state index is 13.2. The smallest absolute Gasteiger partial charge is 0.304 e. The Bertz CT molecular complexity index is 547. The Labute approximate surface area is 144 Å². The van der Waals surface area contributed by atoms with Crippen molar-refractivity contribution >= 4 is 25.4 Å². The molecule has 0 amide bonds. The SMILES string of the molecule is CCC[C@H](/N=C/c1ccccc1Cl)P(=O)(OC(C)C)OC(C)C. The van der Waals surface area contributed by atoms with Crippen molar-refractivity contribution in [1.82, 2.24) is 0 Å². The number of hydrogen-bond acceptors (Lipinski definition) is 4. The molecule has 1 aromatic rings. The van der Waals surface area contributed by atoms with Crippen LogP contribution in [0.2, 0.25) is 5.02 Å². The normalized spacial score (nSPS) is 14.1. The molecular formula is C17H27ClNO3P. The second-order valence-corrected chi connectivity index (χ2v) is 8.42. The van der Waals surface area contributed by atoms with E-state index in [0.717, 1.165) is 12.0 Å². The molecule has 0 bridgehead atoms. The third-order valence-electron chi connectivity index (χ3n) is 2.92. The van der Waals surface area contributed by atoms with Gasteiger partial charge in [-0.2, -0.15) is 0 Å². The zero-order valence-electron chi connectivity index (χ0n) is 14.5. The molecule has 0 heterocycles. The van der Waals surface area contributed by atoms with Crippen molar-refractivity contribution in [3.8, 4) is 0 Å². The summed E-state index contributed by atoms with van der Waals surface area (Å²) >= 11 is 6.14. The van der Waals surface area contributed by atoms with Crippen LogP contribution in [0.1, 0.15) is 53.0 Å². The van der Waals surface area contributed by atoms with Gasteiger partial charge in [0.2, 0.25) is 0 Å². The minimum Gasteiger partial charge on any atom is -0.304 e. The van der Waals surface area contributed by atoms with Gasteiger partial charge in [-0.25, -0.2) is 0 Å². The van der Waals surface area contributed by atoms with Gasteiger partial charge in [0.25, 0.3) is 0 Å². The first-order valence-electron chi connectivity index (χ1n) is 8.02. The van der Waals surface area contributed by atoms with E-state index in [1.165, 1.54) is 0 Å². The number of nitrogens with zero attached hydrogens (tertiary/aromatic N) is 1. The molecule has 1 aromatic carbocycles. The molecule has 0 fully saturated rings. The molecule has 4 nitrogen and oxygen atoms in total. The second kappa shape index (κ2) is 9.58. The first-order chi connectivity index (χ1) is 10.8. The lowest BCUT2D eigenvalue weighted by molar-refractivity contribution is 0.136. The monoisotopic (exact) mass is 359 g/mol. The minimum atomic E-state index is -3.35. The highest BCUT2D eigenvalue weighted by Gasteiger charge is 2.37. The number of rotatable bonds is 9. The van der Waals surface area contributed by atoms with Crippen LogP contribution in [0.4, 0.5) is 0 Å². The van der Waals surface area contributed by atoms with Crippen LogP contribution in [0.3, 0.4) is 0 Å². The van der Waals surface area contributed by atoms with E-state index in [1.54, 1.807) is 12.3 Å². The summed E-state index contributed by atoms with van der Waals surface area (Å²) in [7, 11) is -3.35. The largest absolute Gasteiger partial charge is 0.355 e. The van der Waals surface area contributed by atoms with Gasteiger partial charge in [-0.15, -0.1) is 0 Å². The van der Waals surface area contributed by atoms with Crippen LogP contribution in [0.15, 0.2) is 29.3 Å². The molecule has 130 valence electrons.